The summed E-state index contributed by atoms with van der Waals surface area (Å²) in [5.74, 6) is -1.42. The van der Waals surface area contributed by atoms with Gasteiger partial charge in [0.05, 0.1) is 17.8 Å². The van der Waals surface area contributed by atoms with Crippen molar-refractivity contribution in [2.45, 2.75) is 50.7 Å². The van der Waals surface area contributed by atoms with E-state index in [1.807, 2.05) is 6.07 Å². The van der Waals surface area contributed by atoms with Gasteiger partial charge in [-0.3, -0.25) is 14.2 Å². The van der Waals surface area contributed by atoms with E-state index in [-0.39, 0.29) is 28.3 Å². The second kappa shape index (κ2) is 9.51. The zero-order chi connectivity index (χ0) is 24.7. The Labute approximate surface area is 206 Å². The van der Waals surface area contributed by atoms with Crippen LogP contribution in [0.2, 0.25) is 5.02 Å². The molecule has 0 radical (unpaired) electrons. The first kappa shape index (κ1) is 23.6. The number of aromatic nitrogens is 2. The van der Waals surface area contributed by atoms with Gasteiger partial charge in [0.15, 0.2) is 0 Å². The van der Waals surface area contributed by atoms with E-state index in [2.05, 4.69) is 9.98 Å². The average Bonchev–Trinajstić information content (AvgIpc) is 3.68. The first-order valence-corrected chi connectivity index (χ1v) is 12.0. The standard InChI is InChI=1S/C26H25ClF2N4O2/c1-14-24(27)26(34)33-13-16(8-21(25(33)32-14)20-5-2-18(28)10-22(20)29)15-6-7-35-23(9-15)17(11-30)12-31-19-3-4-19/h2,5,8,10-13,15,19,23H,3-4,6-7,9,30H2,1H3/b17-11+,31-12?. The van der Waals surface area contributed by atoms with Crippen molar-refractivity contribution < 1.29 is 13.5 Å². The molecule has 6 nitrogen and oxygen atoms in total. The fourth-order valence-electron chi connectivity index (χ4n) is 4.46. The van der Waals surface area contributed by atoms with Crippen LogP contribution in [0.1, 0.15) is 42.9 Å². The van der Waals surface area contributed by atoms with Gasteiger partial charge in [-0.2, -0.15) is 0 Å². The summed E-state index contributed by atoms with van der Waals surface area (Å²) in [5.41, 5.74) is 8.20. The molecule has 0 bridgehead atoms. The zero-order valence-corrected chi connectivity index (χ0v) is 19.9. The lowest BCUT2D eigenvalue weighted by Crippen LogP contribution is -2.28. The van der Waals surface area contributed by atoms with Crippen LogP contribution in [0.25, 0.3) is 16.8 Å². The molecule has 2 N–H and O–H groups in total. The SMILES string of the molecule is Cc1nc2c(-c3ccc(F)cc3F)cc(C3CCOC(/C(C=NC4CC4)=C/N)C3)cn2c(=O)c1Cl. The zero-order valence-electron chi connectivity index (χ0n) is 19.2. The van der Waals surface area contributed by atoms with Gasteiger partial charge in [-0.05, 0) is 62.3 Å². The smallest absolute Gasteiger partial charge is 0.276 e. The van der Waals surface area contributed by atoms with Gasteiger partial charge in [-0.1, -0.05) is 11.6 Å². The Morgan fingerprint density at radius 2 is 2.06 bits per heavy atom. The van der Waals surface area contributed by atoms with E-state index < -0.39 is 17.2 Å². The van der Waals surface area contributed by atoms with E-state index in [1.165, 1.54) is 22.7 Å². The summed E-state index contributed by atoms with van der Waals surface area (Å²) in [5, 5.41) is -0.000305. The number of pyridine rings is 1. The Morgan fingerprint density at radius 1 is 1.26 bits per heavy atom. The lowest BCUT2D eigenvalue weighted by Gasteiger charge is -2.30. The number of nitrogens with zero attached hydrogens (tertiary/aromatic N) is 3. The number of nitrogens with two attached hydrogens (primary N) is 1. The molecule has 1 aromatic carbocycles. The number of rotatable bonds is 5. The maximum absolute atomic E-state index is 14.8. The number of fused-ring (bicyclic) bond motifs is 1. The van der Waals surface area contributed by atoms with Crippen molar-refractivity contribution in [1.82, 2.24) is 9.38 Å². The molecular formula is C26H25ClF2N4O2. The van der Waals surface area contributed by atoms with Gasteiger partial charge in [-0.25, -0.2) is 13.8 Å². The van der Waals surface area contributed by atoms with Crippen molar-refractivity contribution in [3.8, 4) is 11.1 Å². The molecule has 0 amide bonds. The molecule has 9 heteroatoms. The summed E-state index contributed by atoms with van der Waals surface area (Å²) in [4.78, 5) is 22.0. The van der Waals surface area contributed by atoms with Crippen LogP contribution in [0.3, 0.4) is 0 Å². The van der Waals surface area contributed by atoms with Crippen molar-refractivity contribution in [2.24, 2.45) is 10.7 Å². The summed E-state index contributed by atoms with van der Waals surface area (Å²) < 4.78 is 35.8. The maximum atomic E-state index is 14.8. The molecule has 2 aromatic heterocycles. The molecular weight excluding hydrogens is 474 g/mol. The van der Waals surface area contributed by atoms with Crippen molar-refractivity contribution in [1.29, 1.82) is 0 Å². The Balaban J connectivity index is 1.60. The van der Waals surface area contributed by atoms with Gasteiger partial charge in [0, 0.05) is 48.0 Å². The second-order valence-electron chi connectivity index (χ2n) is 9.08. The van der Waals surface area contributed by atoms with Crippen LogP contribution in [0.4, 0.5) is 8.78 Å². The molecule has 182 valence electrons. The number of aryl methyl sites for hydroxylation is 1. The summed E-state index contributed by atoms with van der Waals surface area (Å²) in [6, 6.07) is 5.55. The van der Waals surface area contributed by atoms with Crippen molar-refractivity contribution >= 4 is 23.5 Å². The van der Waals surface area contributed by atoms with E-state index in [4.69, 9.17) is 22.1 Å². The molecule has 3 aromatic rings. The number of hydrogen-bond donors (Lipinski definition) is 1. The number of ether oxygens (including phenoxy) is 1. The summed E-state index contributed by atoms with van der Waals surface area (Å²) >= 11 is 6.22. The maximum Gasteiger partial charge on any atom is 0.276 e. The quantitative estimate of drug-likeness (QED) is 0.505. The highest BCUT2D eigenvalue weighted by Gasteiger charge is 2.28. The highest BCUT2D eigenvalue weighted by molar-refractivity contribution is 6.31. The van der Waals surface area contributed by atoms with Gasteiger partial charge in [-0.15, -0.1) is 0 Å². The van der Waals surface area contributed by atoms with E-state index in [9.17, 15) is 13.6 Å². The molecule has 2 aliphatic rings. The second-order valence-corrected chi connectivity index (χ2v) is 9.46. The topological polar surface area (TPSA) is 82.0 Å². The minimum absolute atomic E-state index is 0.000305. The molecule has 35 heavy (non-hydrogen) atoms. The molecule has 2 atom stereocenters. The number of benzene rings is 1. The predicted octanol–water partition coefficient (Wildman–Crippen LogP) is 4.94. The summed E-state index contributed by atoms with van der Waals surface area (Å²) in [7, 11) is 0. The van der Waals surface area contributed by atoms with Crippen LogP contribution >= 0.6 is 11.6 Å². The fourth-order valence-corrected chi connectivity index (χ4v) is 4.59. The van der Waals surface area contributed by atoms with Crippen molar-refractivity contribution in [3.05, 3.63) is 80.5 Å². The highest BCUT2D eigenvalue weighted by atomic mass is 35.5. The third-order valence-electron chi connectivity index (χ3n) is 6.58. The largest absolute Gasteiger partial charge is 0.404 e. The van der Waals surface area contributed by atoms with E-state index in [0.717, 1.165) is 30.0 Å². The van der Waals surface area contributed by atoms with Gasteiger partial charge in [0.25, 0.3) is 5.56 Å². The van der Waals surface area contributed by atoms with Gasteiger partial charge < -0.3 is 10.5 Å². The lowest BCUT2D eigenvalue weighted by molar-refractivity contribution is 0.0327. The lowest BCUT2D eigenvalue weighted by atomic mass is 9.86. The molecule has 5 rings (SSSR count). The third kappa shape index (κ3) is 4.73. The van der Waals surface area contributed by atoms with Gasteiger partial charge in [0.2, 0.25) is 0 Å². The summed E-state index contributed by atoms with van der Waals surface area (Å²) in [6.07, 6.45) is 8.26. The molecule has 0 spiro atoms. The Bertz CT molecular complexity index is 1410. The Hall–Kier alpha value is -3.10. The predicted molar refractivity (Wildman–Crippen MR) is 132 cm³/mol. The first-order valence-electron chi connectivity index (χ1n) is 11.6. The highest BCUT2D eigenvalue weighted by Crippen LogP contribution is 2.36. The van der Waals surface area contributed by atoms with E-state index in [1.54, 1.807) is 19.3 Å². The van der Waals surface area contributed by atoms with Crippen LogP contribution in [0, 0.1) is 18.6 Å². The van der Waals surface area contributed by atoms with Crippen LogP contribution in [0.5, 0.6) is 0 Å². The number of aliphatic imine (C=N–C) groups is 1. The van der Waals surface area contributed by atoms with Gasteiger partial charge in [0.1, 0.15) is 22.3 Å². The molecule has 1 aliphatic carbocycles. The number of hydrogen-bond acceptors (Lipinski definition) is 5. The molecule has 3 heterocycles. The van der Waals surface area contributed by atoms with E-state index >= 15 is 0 Å². The van der Waals surface area contributed by atoms with Crippen molar-refractivity contribution in [2.75, 3.05) is 6.61 Å². The molecule has 2 unspecified atom stereocenters. The Kier molecular flexibility index (Phi) is 6.42. The Morgan fingerprint density at radius 3 is 2.77 bits per heavy atom. The molecule has 2 fully saturated rings. The van der Waals surface area contributed by atoms with Crippen molar-refractivity contribution in [3.63, 3.8) is 0 Å². The molecule has 1 aliphatic heterocycles. The van der Waals surface area contributed by atoms with Crippen LogP contribution in [-0.2, 0) is 4.74 Å². The van der Waals surface area contributed by atoms with Crippen LogP contribution in [-0.4, -0.2) is 34.4 Å². The summed E-state index contributed by atoms with van der Waals surface area (Å²) in [6.45, 7) is 2.11. The molecule has 1 saturated carbocycles. The minimum atomic E-state index is -0.736. The average molecular weight is 499 g/mol. The third-order valence-corrected chi connectivity index (χ3v) is 7.01. The van der Waals surface area contributed by atoms with Gasteiger partial charge >= 0.3 is 0 Å². The fraction of sp³-hybridized carbons (Fsp3) is 0.346. The monoisotopic (exact) mass is 498 g/mol. The first-order chi connectivity index (χ1) is 16.9. The molecule has 1 saturated heterocycles. The number of halogens is 3. The van der Waals surface area contributed by atoms with Crippen LogP contribution < -0.4 is 11.3 Å². The normalized spacial score (nSPS) is 21.2. The minimum Gasteiger partial charge on any atom is -0.404 e. The van der Waals surface area contributed by atoms with E-state index in [0.29, 0.717) is 36.7 Å². The van der Waals surface area contributed by atoms with Crippen LogP contribution in [0.15, 0.2) is 52.0 Å².